The second-order valence-electron chi connectivity index (χ2n) is 7.29. The Morgan fingerprint density at radius 1 is 0.970 bits per heavy atom. The Morgan fingerprint density at radius 3 is 2.55 bits per heavy atom. The van der Waals surface area contributed by atoms with Gasteiger partial charge in [0.15, 0.2) is 11.5 Å². The van der Waals surface area contributed by atoms with Gasteiger partial charge in [-0.05, 0) is 42.5 Å². The molecule has 0 aliphatic carbocycles. The van der Waals surface area contributed by atoms with Crippen molar-refractivity contribution in [3.63, 3.8) is 0 Å². The number of benzene rings is 3. The van der Waals surface area contributed by atoms with E-state index in [1.54, 1.807) is 55.4 Å². The van der Waals surface area contributed by atoms with Crippen LogP contribution in [0.25, 0.3) is 38.8 Å². The second kappa shape index (κ2) is 7.86. The van der Waals surface area contributed by atoms with E-state index in [0.29, 0.717) is 44.7 Å². The molecule has 0 aliphatic rings. The van der Waals surface area contributed by atoms with Gasteiger partial charge in [0.25, 0.3) is 5.69 Å². The number of halogens is 1. The van der Waals surface area contributed by atoms with E-state index in [4.69, 9.17) is 14.6 Å². The van der Waals surface area contributed by atoms with E-state index in [9.17, 15) is 14.5 Å². The number of methoxy groups -OCH3 is 2. The molecule has 0 N–H and O–H groups in total. The number of nitro benzene ring substituents is 1. The highest BCUT2D eigenvalue weighted by molar-refractivity contribution is 6.08. The number of nitrogens with zero attached hydrogens (tertiary/aromatic N) is 4. The Balaban J connectivity index is 1.86. The maximum absolute atomic E-state index is 14.2. The first-order valence-corrected chi connectivity index (χ1v) is 9.94. The fraction of sp³-hybridized carbons (Fsp3) is 0.0833. The molecule has 0 fully saturated rings. The minimum Gasteiger partial charge on any atom is -0.493 e. The third kappa shape index (κ3) is 3.39. The topological polar surface area (TPSA) is 92.3 Å². The summed E-state index contributed by atoms with van der Waals surface area (Å²) in [5.41, 5.74) is 2.85. The number of rotatable bonds is 5. The van der Waals surface area contributed by atoms with Gasteiger partial charge in [-0.2, -0.15) is 5.10 Å². The third-order valence-corrected chi connectivity index (χ3v) is 5.41. The van der Waals surface area contributed by atoms with Crippen LogP contribution in [0.5, 0.6) is 11.5 Å². The van der Waals surface area contributed by atoms with Gasteiger partial charge in [0.05, 0.1) is 35.9 Å². The lowest BCUT2D eigenvalue weighted by Gasteiger charge is -2.08. The maximum Gasteiger partial charge on any atom is 0.271 e. The van der Waals surface area contributed by atoms with Crippen molar-refractivity contribution in [2.24, 2.45) is 0 Å². The van der Waals surface area contributed by atoms with Crippen LogP contribution in [0.3, 0.4) is 0 Å². The van der Waals surface area contributed by atoms with Crippen molar-refractivity contribution in [2.75, 3.05) is 14.2 Å². The first kappa shape index (κ1) is 20.4. The summed E-state index contributed by atoms with van der Waals surface area (Å²) in [6, 6.07) is 15.8. The number of ether oxygens (including phenoxy) is 2. The Hall–Kier alpha value is -4.53. The number of pyridine rings is 1. The normalized spacial score (nSPS) is 11.1. The van der Waals surface area contributed by atoms with Gasteiger partial charge < -0.3 is 9.47 Å². The monoisotopic (exact) mass is 444 g/mol. The summed E-state index contributed by atoms with van der Waals surface area (Å²) in [6.45, 7) is 0. The molecule has 5 rings (SSSR count). The van der Waals surface area contributed by atoms with Gasteiger partial charge >= 0.3 is 0 Å². The molecule has 0 unspecified atom stereocenters. The second-order valence-corrected chi connectivity index (χ2v) is 7.29. The molecule has 33 heavy (non-hydrogen) atoms. The Bertz CT molecular complexity index is 1550. The van der Waals surface area contributed by atoms with Gasteiger partial charge in [-0.3, -0.25) is 15.1 Å². The van der Waals surface area contributed by atoms with Gasteiger partial charge in [0.1, 0.15) is 11.5 Å². The van der Waals surface area contributed by atoms with Crippen molar-refractivity contribution in [1.29, 1.82) is 0 Å². The summed E-state index contributed by atoms with van der Waals surface area (Å²) < 4.78 is 26.5. The van der Waals surface area contributed by atoms with Gasteiger partial charge in [0.2, 0.25) is 0 Å². The van der Waals surface area contributed by atoms with Crippen LogP contribution in [-0.2, 0) is 0 Å². The molecule has 0 aliphatic heterocycles. The van der Waals surface area contributed by atoms with Crippen molar-refractivity contribution in [3.05, 3.63) is 82.8 Å². The molecule has 2 heterocycles. The van der Waals surface area contributed by atoms with Crippen LogP contribution in [0.2, 0.25) is 0 Å². The van der Waals surface area contributed by atoms with Crippen LogP contribution in [0.4, 0.5) is 10.1 Å². The van der Waals surface area contributed by atoms with Crippen molar-refractivity contribution in [3.8, 4) is 28.4 Å². The molecule has 0 radical (unpaired) electrons. The summed E-state index contributed by atoms with van der Waals surface area (Å²) in [4.78, 5) is 15.4. The van der Waals surface area contributed by atoms with Crippen molar-refractivity contribution < 1.29 is 18.8 Å². The lowest BCUT2D eigenvalue weighted by Crippen LogP contribution is -1.99. The zero-order valence-electron chi connectivity index (χ0n) is 17.7. The number of hydrogen-bond acceptors (Lipinski definition) is 6. The Labute approximate surface area is 187 Å². The third-order valence-electron chi connectivity index (χ3n) is 5.41. The molecule has 5 aromatic rings. The lowest BCUT2D eigenvalue weighted by atomic mass is 10.1. The molecule has 0 bridgehead atoms. The maximum atomic E-state index is 14.2. The molecule has 8 nitrogen and oxygen atoms in total. The van der Waals surface area contributed by atoms with E-state index in [2.05, 4.69) is 4.98 Å². The molecule has 9 heteroatoms. The minimum atomic E-state index is -0.468. The molecule has 0 atom stereocenters. The van der Waals surface area contributed by atoms with E-state index >= 15 is 0 Å². The quantitative estimate of drug-likeness (QED) is 0.270. The zero-order chi connectivity index (χ0) is 23.1. The molecular formula is C24H17FN4O4. The summed E-state index contributed by atoms with van der Waals surface area (Å²) in [6.07, 6.45) is 1.67. The number of aromatic nitrogens is 3. The van der Waals surface area contributed by atoms with E-state index in [0.717, 1.165) is 5.56 Å². The fourth-order valence-electron chi connectivity index (χ4n) is 3.88. The first-order valence-electron chi connectivity index (χ1n) is 9.94. The molecular weight excluding hydrogens is 427 g/mol. The fourth-order valence-corrected chi connectivity index (χ4v) is 3.88. The highest BCUT2D eigenvalue weighted by atomic mass is 19.1. The molecule has 3 aromatic carbocycles. The summed E-state index contributed by atoms with van der Waals surface area (Å²) >= 11 is 0. The van der Waals surface area contributed by atoms with Gasteiger partial charge in [0, 0.05) is 34.7 Å². The predicted octanol–water partition coefficient (Wildman–Crippen LogP) is 5.31. The first-order chi connectivity index (χ1) is 16.0. The smallest absolute Gasteiger partial charge is 0.271 e. The molecule has 0 saturated heterocycles. The highest BCUT2D eigenvalue weighted by Gasteiger charge is 2.20. The number of non-ortho nitro benzene ring substituents is 1. The highest BCUT2D eigenvalue weighted by Crippen LogP contribution is 2.37. The van der Waals surface area contributed by atoms with Gasteiger partial charge in [-0.25, -0.2) is 9.07 Å². The Morgan fingerprint density at radius 2 is 1.79 bits per heavy atom. The zero-order valence-corrected chi connectivity index (χ0v) is 17.7. The van der Waals surface area contributed by atoms with Crippen molar-refractivity contribution in [1.82, 2.24) is 14.8 Å². The largest absolute Gasteiger partial charge is 0.493 e. The summed E-state index contributed by atoms with van der Waals surface area (Å²) in [5, 5.41) is 17.3. The van der Waals surface area contributed by atoms with Crippen LogP contribution in [0, 0.1) is 15.9 Å². The number of nitro groups is 1. The van der Waals surface area contributed by atoms with Crippen LogP contribution < -0.4 is 9.47 Å². The average Bonchev–Trinajstić information content (AvgIpc) is 3.24. The molecule has 164 valence electrons. The van der Waals surface area contributed by atoms with Gasteiger partial charge in [-0.1, -0.05) is 6.07 Å². The van der Waals surface area contributed by atoms with E-state index in [-0.39, 0.29) is 5.69 Å². The van der Waals surface area contributed by atoms with Crippen LogP contribution in [-0.4, -0.2) is 33.9 Å². The van der Waals surface area contributed by atoms with E-state index in [1.165, 1.54) is 24.3 Å². The van der Waals surface area contributed by atoms with E-state index in [1.807, 2.05) is 6.07 Å². The SMILES string of the molecule is COc1ccc(-c2nn(-c3cccc([N+](=O)[O-])c3)c3c2cnc2ccc(F)cc23)cc1OC. The van der Waals surface area contributed by atoms with Crippen LogP contribution in [0.15, 0.2) is 66.9 Å². The van der Waals surface area contributed by atoms with E-state index < -0.39 is 10.7 Å². The van der Waals surface area contributed by atoms with Crippen LogP contribution in [0.1, 0.15) is 0 Å². The average molecular weight is 444 g/mol. The Kier molecular flexibility index (Phi) is 4.86. The molecule has 2 aromatic heterocycles. The van der Waals surface area contributed by atoms with Crippen molar-refractivity contribution >= 4 is 27.5 Å². The van der Waals surface area contributed by atoms with Crippen molar-refractivity contribution in [2.45, 2.75) is 0 Å². The molecule has 0 amide bonds. The predicted molar refractivity (Wildman–Crippen MR) is 122 cm³/mol. The standard InChI is InChI=1S/C24H17FN4O4/c1-32-21-9-6-14(10-22(21)33-2)23-19-13-26-20-8-7-15(25)11-18(20)24(19)28(27-23)16-4-3-5-17(12-16)29(30)31/h3-13H,1-2H3. The summed E-state index contributed by atoms with van der Waals surface area (Å²) in [7, 11) is 3.09. The lowest BCUT2D eigenvalue weighted by molar-refractivity contribution is -0.384. The minimum absolute atomic E-state index is 0.0756. The van der Waals surface area contributed by atoms with Crippen LogP contribution >= 0.6 is 0 Å². The molecule has 0 spiro atoms. The molecule has 0 saturated carbocycles. The summed E-state index contributed by atoms with van der Waals surface area (Å²) in [5.74, 6) is 0.665. The van der Waals surface area contributed by atoms with Gasteiger partial charge in [-0.15, -0.1) is 0 Å². The number of fused-ring (bicyclic) bond motifs is 3. The number of hydrogen-bond donors (Lipinski definition) is 0.